The number of thiophene rings is 1. The van der Waals surface area contributed by atoms with E-state index in [1.807, 2.05) is 27.8 Å². The predicted molar refractivity (Wildman–Crippen MR) is 82.2 cm³/mol. The van der Waals surface area contributed by atoms with Gasteiger partial charge in [-0.25, -0.2) is 4.98 Å². The number of aryl methyl sites for hydroxylation is 3. The van der Waals surface area contributed by atoms with Gasteiger partial charge in [0.05, 0.1) is 5.39 Å². The molecule has 1 aliphatic carbocycles. The van der Waals surface area contributed by atoms with Crippen LogP contribution in [0, 0.1) is 0 Å². The van der Waals surface area contributed by atoms with Gasteiger partial charge in [-0.15, -0.1) is 11.3 Å². The molecule has 0 spiro atoms. The number of nitrogens with zero attached hydrogens (tertiary/aromatic N) is 2. The number of aromatic nitrogens is 2. The zero-order valence-corrected chi connectivity index (χ0v) is 13.1. The van der Waals surface area contributed by atoms with Gasteiger partial charge in [0.2, 0.25) is 0 Å². The second-order valence-electron chi connectivity index (χ2n) is 4.64. The molecule has 2 heterocycles. The van der Waals surface area contributed by atoms with Crippen molar-refractivity contribution in [3.05, 3.63) is 26.6 Å². The molecule has 0 N–H and O–H groups in total. The Hall–Kier alpha value is -1.16. The smallest absolute Gasteiger partial charge is 0.262 e. The van der Waals surface area contributed by atoms with Crippen molar-refractivity contribution in [1.29, 1.82) is 0 Å². The van der Waals surface area contributed by atoms with Gasteiger partial charge < -0.3 is 0 Å². The average molecular weight is 278 g/mol. The molecule has 0 fully saturated rings. The van der Waals surface area contributed by atoms with Crippen molar-refractivity contribution in [1.82, 2.24) is 9.55 Å². The summed E-state index contributed by atoms with van der Waals surface area (Å²) < 4.78 is 1.71. The van der Waals surface area contributed by atoms with Gasteiger partial charge in [-0.3, -0.25) is 9.36 Å². The fraction of sp³-hybridized carbons (Fsp3) is 0.600. The summed E-state index contributed by atoms with van der Waals surface area (Å²) in [4.78, 5) is 19.4. The molecule has 0 aromatic carbocycles. The van der Waals surface area contributed by atoms with Crippen LogP contribution in [0.4, 0.5) is 0 Å². The molecule has 0 amide bonds. The van der Waals surface area contributed by atoms with Gasteiger partial charge >= 0.3 is 0 Å². The van der Waals surface area contributed by atoms with Crippen LogP contribution in [0.1, 0.15) is 49.9 Å². The highest BCUT2D eigenvalue weighted by Gasteiger charge is 2.20. The molecular weight excluding hydrogens is 256 g/mol. The monoisotopic (exact) mass is 278 g/mol. The van der Waals surface area contributed by atoms with E-state index in [2.05, 4.69) is 4.98 Å². The van der Waals surface area contributed by atoms with E-state index < -0.39 is 0 Å². The maximum absolute atomic E-state index is 12.4. The van der Waals surface area contributed by atoms with E-state index in [1.165, 1.54) is 23.3 Å². The minimum atomic E-state index is 0.145. The highest BCUT2D eigenvalue weighted by molar-refractivity contribution is 7.18. The van der Waals surface area contributed by atoms with Crippen LogP contribution in [-0.2, 0) is 26.3 Å². The van der Waals surface area contributed by atoms with Crippen LogP contribution in [0.15, 0.2) is 4.79 Å². The zero-order valence-electron chi connectivity index (χ0n) is 12.2. The Morgan fingerprint density at radius 3 is 2.63 bits per heavy atom. The number of rotatable bonds is 1. The van der Waals surface area contributed by atoms with Crippen molar-refractivity contribution in [2.24, 2.45) is 7.05 Å². The Balaban J connectivity index is 0.000000637. The highest BCUT2D eigenvalue weighted by Crippen LogP contribution is 2.33. The van der Waals surface area contributed by atoms with Crippen LogP contribution in [-0.4, -0.2) is 9.55 Å². The van der Waals surface area contributed by atoms with E-state index in [4.69, 9.17) is 0 Å². The molecule has 104 valence electrons. The molecule has 0 bridgehead atoms. The number of hydrogen-bond donors (Lipinski definition) is 0. The van der Waals surface area contributed by atoms with Crippen LogP contribution < -0.4 is 5.56 Å². The lowest BCUT2D eigenvalue weighted by Gasteiger charge is -2.10. The molecule has 0 radical (unpaired) electrons. The van der Waals surface area contributed by atoms with E-state index in [0.29, 0.717) is 0 Å². The first-order valence-corrected chi connectivity index (χ1v) is 8.04. The third kappa shape index (κ3) is 2.34. The van der Waals surface area contributed by atoms with Gasteiger partial charge in [-0.2, -0.15) is 0 Å². The Labute approximate surface area is 118 Å². The summed E-state index contributed by atoms with van der Waals surface area (Å²) in [5, 5.41) is 0.893. The van der Waals surface area contributed by atoms with Gasteiger partial charge in [0.1, 0.15) is 10.7 Å². The molecule has 19 heavy (non-hydrogen) atoms. The van der Waals surface area contributed by atoms with E-state index in [0.717, 1.165) is 35.3 Å². The van der Waals surface area contributed by atoms with Crippen LogP contribution in [0.2, 0.25) is 0 Å². The van der Waals surface area contributed by atoms with Gasteiger partial charge in [0.25, 0.3) is 5.56 Å². The molecule has 3 nitrogen and oxygen atoms in total. The normalized spacial score (nSPS) is 13.9. The van der Waals surface area contributed by atoms with Gasteiger partial charge in [0.15, 0.2) is 0 Å². The molecular formula is C15H22N2OS. The summed E-state index contributed by atoms with van der Waals surface area (Å²) in [6.07, 6.45) is 5.45. The minimum absolute atomic E-state index is 0.145. The lowest BCUT2D eigenvalue weighted by atomic mass is 9.97. The first kappa shape index (κ1) is 14.3. The van der Waals surface area contributed by atoms with Crippen molar-refractivity contribution in [2.45, 2.75) is 52.9 Å². The fourth-order valence-electron chi connectivity index (χ4n) is 2.64. The summed E-state index contributed by atoms with van der Waals surface area (Å²) in [6.45, 7) is 6.04. The maximum Gasteiger partial charge on any atom is 0.262 e. The van der Waals surface area contributed by atoms with E-state index in [1.54, 1.807) is 15.9 Å². The van der Waals surface area contributed by atoms with E-state index >= 15 is 0 Å². The Bertz CT molecular complexity index is 640. The first-order valence-electron chi connectivity index (χ1n) is 7.22. The molecule has 0 atom stereocenters. The fourth-order valence-corrected chi connectivity index (χ4v) is 3.91. The molecule has 1 aliphatic rings. The topological polar surface area (TPSA) is 34.9 Å². The molecule has 0 saturated heterocycles. The molecule has 2 aromatic rings. The summed E-state index contributed by atoms with van der Waals surface area (Å²) in [6, 6.07) is 0. The van der Waals surface area contributed by atoms with Crippen molar-refractivity contribution < 1.29 is 0 Å². The molecule has 0 saturated carbocycles. The van der Waals surface area contributed by atoms with Crippen molar-refractivity contribution >= 4 is 21.6 Å². The molecule has 0 aliphatic heterocycles. The summed E-state index contributed by atoms with van der Waals surface area (Å²) in [7, 11) is 1.83. The van der Waals surface area contributed by atoms with Crippen molar-refractivity contribution in [3.63, 3.8) is 0 Å². The summed E-state index contributed by atoms with van der Waals surface area (Å²) in [5.74, 6) is 0.890. The average Bonchev–Trinajstić information content (AvgIpc) is 2.83. The third-order valence-corrected chi connectivity index (χ3v) is 4.79. The van der Waals surface area contributed by atoms with Gasteiger partial charge in [0, 0.05) is 18.3 Å². The standard InChI is InChI=1S/C13H16N2OS.C2H6/c1-3-10-14-12-11(13(16)15(10)2)8-6-4-5-7-9(8)17-12;1-2/h3-7H2,1-2H3;1-2H3. The lowest BCUT2D eigenvalue weighted by molar-refractivity contribution is 0.697. The number of fused-ring (bicyclic) bond motifs is 3. The molecule has 0 unspecified atom stereocenters. The SMILES string of the molecule is CC.CCc1nc2sc3c(c2c(=O)n1C)CCCC3. The lowest BCUT2D eigenvalue weighted by Crippen LogP contribution is -2.22. The minimum Gasteiger partial charge on any atom is -0.299 e. The second kappa shape index (κ2) is 5.87. The van der Waals surface area contributed by atoms with Gasteiger partial charge in [-0.05, 0) is 31.2 Å². The number of hydrogen-bond acceptors (Lipinski definition) is 3. The van der Waals surface area contributed by atoms with Crippen LogP contribution in [0.25, 0.3) is 10.2 Å². The van der Waals surface area contributed by atoms with Crippen LogP contribution in [0.5, 0.6) is 0 Å². The Kier molecular flexibility index (Phi) is 4.40. The molecule has 3 rings (SSSR count). The first-order chi connectivity index (χ1) is 9.22. The highest BCUT2D eigenvalue weighted by atomic mass is 32.1. The van der Waals surface area contributed by atoms with E-state index in [-0.39, 0.29) is 5.56 Å². The third-order valence-electron chi connectivity index (χ3n) is 3.61. The summed E-state index contributed by atoms with van der Waals surface area (Å²) >= 11 is 1.73. The largest absolute Gasteiger partial charge is 0.299 e. The predicted octanol–water partition coefficient (Wildman–Crippen LogP) is 3.46. The van der Waals surface area contributed by atoms with Crippen LogP contribution in [0.3, 0.4) is 0 Å². The second-order valence-corrected chi connectivity index (χ2v) is 5.72. The molecule has 4 heteroatoms. The van der Waals surface area contributed by atoms with Crippen LogP contribution >= 0.6 is 11.3 Å². The van der Waals surface area contributed by atoms with Gasteiger partial charge in [-0.1, -0.05) is 20.8 Å². The quantitative estimate of drug-likeness (QED) is 0.800. The van der Waals surface area contributed by atoms with Crippen molar-refractivity contribution in [2.75, 3.05) is 0 Å². The van der Waals surface area contributed by atoms with E-state index in [9.17, 15) is 4.79 Å². The summed E-state index contributed by atoms with van der Waals surface area (Å²) in [5.41, 5.74) is 1.43. The Morgan fingerprint density at radius 2 is 1.95 bits per heavy atom. The maximum atomic E-state index is 12.4. The Morgan fingerprint density at radius 1 is 1.26 bits per heavy atom. The molecule has 2 aromatic heterocycles. The zero-order chi connectivity index (χ0) is 14.0. The van der Waals surface area contributed by atoms with Crippen molar-refractivity contribution in [3.8, 4) is 0 Å².